The molecule has 0 atom stereocenters. The van der Waals surface area contributed by atoms with Crippen molar-refractivity contribution in [3.8, 4) is 0 Å². The Kier molecular flexibility index (Phi) is 1.82. The molecule has 0 aliphatic heterocycles. The second-order valence-electron chi connectivity index (χ2n) is 1.58. The van der Waals surface area contributed by atoms with Gasteiger partial charge in [0.25, 0.3) is 10.8 Å². The van der Waals surface area contributed by atoms with Gasteiger partial charge in [0, 0.05) is 0 Å². The highest BCUT2D eigenvalue weighted by molar-refractivity contribution is 6.67. The van der Waals surface area contributed by atoms with Crippen molar-refractivity contribution >= 4 is 16.8 Å². The van der Waals surface area contributed by atoms with Crippen molar-refractivity contribution in [1.82, 2.24) is 9.97 Å². The number of nitrogens with one attached hydrogen (secondary N) is 1. The van der Waals surface area contributed by atoms with Crippen LogP contribution in [0, 0.1) is 0 Å². The van der Waals surface area contributed by atoms with E-state index in [-0.39, 0.29) is 5.69 Å². The number of rotatable bonds is 1. The summed E-state index contributed by atoms with van der Waals surface area (Å²) in [6.07, 6.45) is 2.25. The summed E-state index contributed by atoms with van der Waals surface area (Å²) in [6, 6.07) is 0. The third-order valence-corrected chi connectivity index (χ3v) is 1.07. The number of aromatic amines is 1. The van der Waals surface area contributed by atoms with Crippen molar-refractivity contribution in [1.29, 1.82) is 0 Å². The van der Waals surface area contributed by atoms with E-state index in [9.17, 15) is 9.59 Å². The molecule has 0 bridgehead atoms. The Morgan fingerprint density at radius 3 is 2.70 bits per heavy atom. The molecule has 0 spiro atoms. The SMILES string of the molecule is O=C(Cl)c1cncc(=O)[nH]1. The maximum absolute atomic E-state index is 10.5. The first-order chi connectivity index (χ1) is 4.70. The molecule has 0 fully saturated rings. The van der Waals surface area contributed by atoms with Gasteiger partial charge < -0.3 is 4.98 Å². The van der Waals surface area contributed by atoms with Crippen LogP contribution in [0.25, 0.3) is 0 Å². The highest BCUT2D eigenvalue weighted by Crippen LogP contribution is 1.92. The Morgan fingerprint density at radius 2 is 2.30 bits per heavy atom. The molecule has 1 heterocycles. The molecular formula is C5H3ClN2O2. The molecular weight excluding hydrogens is 156 g/mol. The van der Waals surface area contributed by atoms with Crippen LogP contribution in [0.15, 0.2) is 17.2 Å². The third kappa shape index (κ3) is 1.41. The van der Waals surface area contributed by atoms with Gasteiger partial charge in [0.05, 0.1) is 12.4 Å². The van der Waals surface area contributed by atoms with Crippen molar-refractivity contribution in [2.75, 3.05) is 0 Å². The summed E-state index contributed by atoms with van der Waals surface area (Å²) in [5.74, 6) is 0. The van der Waals surface area contributed by atoms with E-state index < -0.39 is 10.8 Å². The highest BCUT2D eigenvalue weighted by atomic mass is 35.5. The summed E-state index contributed by atoms with van der Waals surface area (Å²) >= 11 is 5.03. The first kappa shape index (κ1) is 6.95. The summed E-state index contributed by atoms with van der Waals surface area (Å²) in [7, 11) is 0. The fourth-order valence-corrected chi connectivity index (χ4v) is 0.573. The molecule has 0 aliphatic carbocycles. The van der Waals surface area contributed by atoms with Crippen molar-refractivity contribution in [2.45, 2.75) is 0 Å². The molecule has 4 nitrogen and oxygen atoms in total. The minimum Gasteiger partial charge on any atom is -0.316 e. The van der Waals surface area contributed by atoms with Crippen LogP contribution in [-0.4, -0.2) is 15.2 Å². The van der Waals surface area contributed by atoms with Gasteiger partial charge in [0.15, 0.2) is 0 Å². The zero-order valence-corrected chi connectivity index (χ0v) is 5.55. The molecule has 10 heavy (non-hydrogen) atoms. The number of nitrogens with zero attached hydrogens (tertiary/aromatic N) is 1. The number of carbonyl (C=O) groups is 1. The first-order valence-corrected chi connectivity index (χ1v) is 2.82. The number of aromatic nitrogens is 2. The van der Waals surface area contributed by atoms with E-state index in [0.717, 1.165) is 6.20 Å². The van der Waals surface area contributed by atoms with Crippen molar-refractivity contribution in [3.05, 3.63) is 28.4 Å². The maximum atomic E-state index is 10.5. The van der Waals surface area contributed by atoms with Crippen molar-refractivity contribution in [3.63, 3.8) is 0 Å². The van der Waals surface area contributed by atoms with Gasteiger partial charge in [-0.25, -0.2) is 0 Å². The molecule has 0 unspecified atom stereocenters. The van der Waals surface area contributed by atoms with E-state index in [1.54, 1.807) is 0 Å². The van der Waals surface area contributed by atoms with Crippen LogP contribution in [0.4, 0.5) is 0 Å². The van der Waals surface area contributed by atoms with E-state index in [1.165, 1.54) is 6.20 Å². The Morgan fingerprint density at radius 1 is 1.60 bits per heavy atom. The predicted molar refractivity (Wildman–Crippen MR) is 35.0 cm³/mol. The Hall–Kier alpha value is -1.16. The summed E-state index contributed by atoms with van der Waals surface area (Å²) < 4.78 is 0. The van der Waals surface area contributed by atoms with Crippen molar-refractivity contribution in [2.24, 2.45) is 0 Å². The monoisotopic (exact) mass is 158 g/mol. The average molecular weight is 159 g/mol. The van der Waals surface area contributed by atoms with Gasteiger partial charge in [-0.05, 0) is 11.6 Å². The van der Waals surface area contributed by atoms with Crippen LogP contribution >= 0.6 is 11.6 Å². The zero-order valence-electron chi connectivity index (χ0n) is 4.80. The molecule has 1 rings (SSSR count). The van der Waals surface area contributed by atoms with Crippen LogP contribution in [0.2, 0.25) is 0 Å². The quantitative estimate of drug-likeness (QED) is 0.592. The molecule has 0 radical (unpaired) electrons. The standard InChI is InChI=1S/C5H3ClN2O2/c6-5(10)3-1-7-2-4(9)8-3/h1-2H,(H,8,9). The number of carbonyl (C=O) groups excluding carboxylic acids is 1. The summed E-state index contributed by atoms with van der Waals surface area (Å²) in [4.78, 5) is 26.5. The minimum atomic E-state index is -0.717. The largest absolute Gasteiger partial charge is 0.316 e. The zero-order chi connectivity index (χ0) is 7.56. The number of halogens is 1. The van der Waals surface area contributed by atoms with Gasteiger partial charge >= 0.3 is 0 Å². The maximum Gasteiger partial charge on any atom is 0.270 e. The van der Waals surface area contributed by atoms with Gasteiger partial charge in [-0.15, -0.1) is 0 Å². The van der Waals surface area contributed by atoms with E-state index in [4.69, 9.17) is 11.6 Å². The summed E-state index contributed by atoms with van der Waals surface area (Å²) in [5, 5.41) is -0.717. The highest BCUT2D eigenvalue weighted by Gasteiger charge is 2.00. The molecule has 0 amide bonds. The number of hydrogen-bond acceptors (Lipinski definition) is 3. The lowest BCUT2D eigenvalue weighted by molar-refractivity contribution is 0.107. The van der Waals surface area contributed by atoms with Crippen molar-refractivity contribution < 1.29 is 4.79 Å². The number of hydrogen-bond donors (Lipinski definition) is 1. The van der Waals surface area contributed by atoms with Crippen LogP contribution < -0.4 is 5.56 Å². The first-order valence-electron chi connectivity index (χ1n) is 2.44. The second kappa shape index (κ2) is 2.62. The lowest BCUT2D eigenvalue weighted by Crippen LogP contribution is -2.09. The summed E-state index contributed by atoms with van der Waals surface area (Å²) in [5.41, 5.74) is -0.430. The van der Waals surface area contributed by atoms with Gasteiger partial charge in [0.1, 0.15) is 5.69 Å². The summed E-state index contributed by atoms with van der Waals surface area (Å²) in [6.45, 7) is 0. The fraction of sp³-hybridized carbons (Fsp3) is 0. The van der Waals surface area contributed by atoms with Gasteiger partial charge in [-0.1, -0.05) is 0 Å². The van der Waals surface area contributed by atoms with Crippen LogP contribution in [0.1, 0.15) is 10.5 Å². The van der Waals surface area contributed by atoms with E-state index in [2.05, 4.69) is 9.97 Å². The van der Waals surface area contributed by atoms with E-state index in [0.29, 0.717) is 0 Å². The fourth-order valence-electron chi connectivity index (χ4n) is 0.477. The van der Waals surface area contributed by atoms with Gasteiger partial charge in [0.2, 0.25) is 0 Å². The van der Waals surface area contributed by atoms with Crippen LogP contribution in [0.3, 0.4) is 0 Å². The van der Waals surface area contributed by atoms with Crippen LogP contribution in [-0.2, 0) is 0 Å². The van der Waals surface area contributed by atoms with E-state index in [1.807, 2.05) is 0 Å². The van der Waals surface area contributed by atoms with Gasteiger partial charge in [-0.3, -0.25) is 14.6 Å². The minimum absolute atomic E-state index is 0.00849. The Labute approximate surface area is 60.9 Å². The number of H-pyrrole nitrogens is 1. The molecule has 52 valence electrons. The molecule has 5 heteroatoms. The Bertz CT molecular complexity index is 307. The third-order valence-electron chi connectivity index (χ3n) is 0.865. The average Bonchev–Trinajstić information content (AvgIpc) is 1.88. The van der Waals surface area contributed by atoms with Gasteiger partial charge in [-0.2, -0.15) is 0 Å². The molecule has 0 saturated carbocycles. The second-order valence-corrected chi connectivity index (χ2v) is 1.93. The van der Waals surface area contributed by atoms with Crippen LogP contribution in [0.5, 0.6) is 0 Å². The normalized spacial score (nSPS) is 9.30. The molecule has 0 aromatic carbocycles. The molecule has 0 saturated heterocycles. The molecule has 1 aromatic rings. The smallest absolute Gasteiger partial charge is 0.270 e. The molecule has 1 N–H and O–H groups in total. The lowest BCUT2D eigenvalue weighted by atomic mass is 10.5. The van der Waals surface area contributed by atoms with E-state index >= 15 is 0 Å². The Balaban J connectivity index is 3.20. The topological polar surface area (TPSA) is 62.8 Å². The molecule has 1 aromatic heterocycles. The lowest BCUT2D eigenvalue weighted by Gasteiger charge is -1.88. The molecule has 0 aliphatic rings. The predicted octanol–water partition coefficient (Wildman–Crippen LogP) is 0.149.